The summed E-state index contributed by atoms with van der Waals surface area (Å²) in [5.41, 5.74) is 2.22. The molecule has 2 aromatic carbocycles. The van der Waals surface area contributed by atoms with E-state index in [0.717, 1.165) is 24.0 Å². The summed E-state index contributed by atoms with van der Waals surface area (Å²) in [5.74, 6) is -2.46. The summed E-state index contributed by atoms with van der Waals surface area (Å²) >= 11 is 0. The third-order valence-electron chi connectivity index (χ3n) is 7.13. The van der Waals surface area contributed by atoms with E-state index in [2.05, 4.69) is 10.6 Å². The van der Waals surface area contributed by atoms with Crippen LogP contribution in [-0.4, -0.2) is 35.8 Å². The number of carbonyl (C=O) groups is 2. The number of carbonyl (C=O) groups excluding carboxylic acids is 2. The molecule has 2 fully saturated rings. The Morgan fingerprint density at radius 2 is 1.94 bits per heavy atom. The molecular weight excluding hydrogens is 440 g/mol. The van der Waals surface area contributed by atoms with Gasteiger partial charge >= 0.3 is 0 Å². The molecule has 6 nitrogen and oxygen atoms in total. The number of halogens is 2. The molecule has 0 aromatic heterocycles. The van der Waals surface area contributed by atoms with E-state index >= 15 is 0 Å². The summed E-state index contributed by atoms with van der Waals surface area (Å²) in [5, 5.41) is 6.10. The number of benzene rings is 2. The highest BCUT2D eigenvalue weighted by atomic mass is 19.2. The van der Waals surface area contributed by atoms with Gasteiger partial charge in [0, 0.05) is 32.6 Å². The van der Waals surface area contributed by atoms with Crippen molar-refractivity contribution >= 4 is 11.8 Å². The van der Waals surface area contributed by atoms with Crippen LogP contribution in [0, 0.1) is 17.6 Å². The summed E-state index contributed by atoms with van der Waals surface area (Å²) in [7, 11) is 0. The quantitative estimate of drug-likeness (QED) is 0.682. The molecule has 34 heavy (non-hydrogen) atoms. The highest BCUT2D eigenvalue weighted by molar-refractivity contribution is 5.82. The molecule has 180 valence electrons. The number of hydrogen-bond donors (Lipinski definition) is 2. The largest absolute Gasteiger partial charge is 0.365 e. The molecule has 2 heterocycles. The molecule has 2 aliphatic heterocycles. The van der Waals surface area contributed by atoms with Crippen LogP contribution < -0.4 is 10.6 Å². The Kier molecular flexibility index (Phi) is 6.12. The summed E-state index contributed by atoms with van der Waals surface area (Å²) in [6.45, 7) is 3.59. The van der Waals surface area contributed by atoms with E-state index in [4.69, 9.17) is 4.74 Å². The lowest BCUT2D eigenvalue weighted by Crippen LogP contribution is -2.55. The summed E-state index contributed by atoms with van der Waals surface area (Å²) < 4.78 is 34.3. The predicted molar refractivity (Wildman–Crippen MR) is 121 cm³/mol. The lowest BCUT2D eigenvalue weighted by Gasteiger charge is -2.43. The van der Waals surface area contributed by atoms with Gasteiger partial charge in [-0.3, -0.25) is 9.59 Å². The molecule has 1 aliphatic carbocycles. The molecule has 5 rings (SSSR count). The van der Waals surface area contributed by atoms with Gasteiger partial charge in [0.1, 0.15) is 5.60 Å². The van der Waals surface area contributed by atoms with Crippen LogP contribution in [0.4, 0.5) is 8.78 Å². The Hall–Kier alpha value is -2.84. The minimum atomic E-state index is -0.952. The van der Waals surface area contributed by atoms with Crippen LogP contribution in [0.3, 0.4) is 0 Å². The maximum atomic E-state index is 14.2. The van der Waals surface area contributed by atoms with Gasteiger partial charge in [-0.05, 0) is 60.2 Å². The molecule has 2 atom stereocenters. The molecule has 8 heteroatoms. The first-order chi connectivity index (χ1) is 16.4. The zero-order valence-corrected chi connectivity index (χ0v) is 19.2. The van der Waals surface area contributed by atoms with E-state index in [-0.39, 0.29) is 24.5 Å². The highest BCUT2D eigenvalue weighted by Crippen LogP contribution is 2.48. The van der Waals surface area contributed by atoms with Crippen LogP contribution in [0.2, 0.25) is 0 Å². The van der Waals surface area contributed by atoms with Crippen molar-refractivity contribution in [1.29, 1.82) is 0 Å². The number of rotatable bonds is 6. The van der Waals surface area contributed by atoms with E-state index in [1.165, 1.54) is 19.1 Å². The molecule has 1 saturated heterocycles. The molecule has 0 bridgehead atoms. The van der Waals surface area contributed by atoms with Gasteiger partial charge < -0.3 is 20.3 Å². The Bertz CT molecular complexity index is 1120. The van der Waals surface area contributed by atoms with Gasteiger partial charge in [0.15, 0.2) is 11.6 Å². The smallest absolute Gasteiger partial charge is 0.230 e. The number of nitrogens with zero attached hydrogens (tertiary/aromatic N) is 1. The normalized spacial score (nSPS) is 23.6. The summed E-state index contributed by atoms with van der Waals surface area (Å²) in [6.07, 6.45) is 2.41. The minimum Gasteiger partial charge on any atom is -0.365 e. The molecular formula is C26H29F2N3O3. The van der Waals surface area contributed by atoms with E-state index in [0.29, 0.717) is 43.7 Å². The predicted octanol–water partition coefficient (Wildman–Crippen LogP) is 3.13. The second-order valence-electron chi connectivity index (χ2n) is 9.54. The summed E-state index contributed by atoms with van der Waals surface area (Å²) in [4.78, 5) is 27.2. The van der Waals surface area contributed by atoms with Gasteiger partial charge in [0.05, 0.1) is 12.5 Å². The first-order valence-electron chi connectivity index (χ1n) is 11.8. The van der Waals surface area contributed by atoms with Crippen molar-refractivity contribution in [3.63, 3.8) is 0 Å². The lowest BCUT2D eigenvalue weighted by atomic mass is 9.75. The second kappa shape index (κ2) is 9.07. The second-order valence-corrected chi connectivity index (χ2v) is 9.54. The van der Waals surface area contributed by atoms with Crippen LogP contribution in [0.15, 0.2) is 36.4 Å². The maximum absolute atomic E-state index is 14.2. The molecule has 1 saturated carbocycles. The van der Waals surface area contributed by atoms with Gasteiger partial charge in [0.25, 0.3) is 0 Å². The number of piperidine rings is 1. The molecule has 2 amide bonds. The van der Waals surface area contributed by atoms with Crippen molar-refractivity contribution in [1.82, 2.24) is 15.5 Å². The van der Waals surface area contributed by atoms with Crippen molar-refractivity contribution in [3.8, 4) is 0 Å². The third kappa shape index (κ3) is 4.32. The fourth-order valence-electron chi connectivity index (χ4n) is 5.26. The van der Waals surface area contributed by atoms with E-state index in [1.54, 1.807) is 0 Å². The molecule has 1 spiro atoms. The zero-order chi connectivity index (χ0) is 23.9. The van der Waals surface area contributed by atoms with Crippen molar-refractivity contribution in [3.05, 3.63) is 70.3 Å². The molecule has 3 aliphatic rings. The van der Waals surface area contributed by atoms with Crippen LogP contribution in [0.25, 0.3) is 0 Å². The minimum absolute atomic E-state index is 0.0282. The summed E-state index contributed by atoms with van der Waals surface area (Å²) in [6, 6.07) is 10.4. The fourth-order valence-corrected chi connectivity index (χ4v) is 5.26. The van der Waals surface area contributed by atoms with Gasteiger partial charge in [0.2, 0.25) is 11.8 Å². The van der Waals surface area contributed by atoms with E-state index in [9.17, 15) is 18.4 Å². The van der Waals surface area contributed by atoms with Crippen LogP contribution in [-0.2, 0) is 39.6 Å². The van der Waals surface area contributed by atoms with Crippen LogP contribution in [0.5, 0.6) is 0 Å². The number of nitrogens with one attached hydrogen (secondary N) is 2. The maximum Gasteiger partial charge on any atom is 0.230 e. The van der Waals surface area contributed by atoms with Gasteiger partial charge in [-0.2, -0.15) is 0 Å². The number of ether oxygens (including phenoxy) is 1. The topological polar surface area (TPSA) is 70.7 Å². The van der Waals surface area contributed by atoms with Crippen LogP contribution >= 0.6 is 0 Å². The zero-order valence-electron chi connectivity index (χ0n) is 19.2. The molecule has 1 unspecified atom stereocenters. The van der Waals surface area contributed by atoms with Gasteiger partial charge in [-0.15, -0.1) is 0 Å². The molecule has 0 radical (unpaired) electrons. The van der Waals surface area contributed by atoms with Crippen LogP contribution in [0.1, 0.15) is 48.4 Å². The van der Waals surface area contributed by atoms with Crippen molar-refractivity contribution < 1.29 is 23.1 Å². The van der Waals surface area contributed by atoms with Crippen molar-refractivity contribution in [2.75, 3.05) is 13.1 Å². The monoisotopic (exact) mass is 469 g/mol. The fraction of sp³-hybridized carbons (Fsp3) is 0.462. The molecule has 2 aromatic rings. The standard InChI is InChI=1S/C26H29F2N3O3/c1-16(32)30-12-17-3-2-4-18(9-17)14-31(20-5-6-20)25(33)22-13-29-8-7-26(22)21-11-24(28)23(27)10-19(21)15-34-26/h2-4,9-11,20,22,29H,5-8,12-15H2,1H3,(H,30,32)/t22?,26-/m0/s1. The number of hydrogen-bond acceptors (Lipinski definition) is 4. The molecule has 2 N–H and O–H groups in total. The first-order valence-corrected chi connectivity index (χ1v) is 11.8. The van der Waals surface area contributed by atoms with Gasteiger partial charge in [-0.25, -0.2) is 8.78 Å². The average molecular weight is 470 g/mol. The Labute approximate surface area is 197 Å². The van der Waals surface area contributed by atoms with Gasteiger partial charge in [-0.1, -0.05) is 24.3 Å². The third-order valence-corrected chi connectivity index (χ3v) is 7.13. The number of fused-ring (bicyclic) bond motifs is 2. The Balaban J connectivity index is 1.42. The highest BCUT2D eigenvalue weighted by Gasteiger charge is 2.53. The van der Waals surface area contributed by atoms with Crippen molar-refractivity contribution in [2.24, 2.45) is 5.92 Å². The number of amides is 2. The van der Waals surface area contributed by atoms with E-state index < -0.39 is 23.2 Å². The Morgan fingerprint density at radius 3 is 2.71 bits per heavy atom. The lowest BCUT2D eigenvalue weighted by molar-refractivity contribution is -0.157. The van der Waals surface area contributed by atoms with Crippen molar-refractivity contribution in [2.45, 2.75) is 57.5 Å². The first kappa shape index (κ1) is 22.9. The van der Waals surface area contributed by atoms with E-state index in [1.807, 2.05) is 29.2 Å². The average Bonchev–Trinajstić information content (AvgIpc) is 3.62. The SMILES string of the molecule is CC(=O)NCc1cccc(CN(C(=O)C2CNCC[C@@]23OCc2cc(F)c(F)cc23)C2CC2)c1. The Morgan fingerprint density at radius 1 is 1.18 bits per heavy atom.